The Kier molecular flexibility index (Phi) is 8.84. The molecule has 1 saturated heterocycles. The molecule has 1 N–H and O–H groups in total. The van der Waals surface area contributed by atoms with E-state index in [1.165, 1.54) is 7.11 Å². The van der Waals surface area contributed by atoms with Crippen LogP contribution in [0.1, 0.15) is 54.6 Å². The molecule has 8 nitrogen and oxygen atoms in total. The minimum atomic E-state index is -4.61. The average molecular weight is 571 g/mol. The van der Waals surface area contributed by atoms with Gasteiger partial charge in [-0.2, -0.15) is 13.2 Å². The molecule has 0 atom stereocenters. The van der Waals surface area contributed by atoms with E-state index in [1.54, 1.807) is 41.3 Å². The molecule has 1 fully saturated rings. The molecule has 2 aromatic carbocycles. The standard InChI is InChI=1S/C30H33F3N4O4/c1-29(2,3)41-28(39)37-17-22(18-37)20-9-12-23(13-10-20)35-27-34-16-24(30(31,32)33)25(36-27)14-11-19-7-5-6-8-21(19)15-26(38)40-4/h5-10,12-13,16,22H,11,14-15,17-18H2,1-4H3,(H,34,35,36). The number of rotatable bonds is 8. The van der Waals surface area contributed by atoms with Gasteiger partial charge >= 0.3 is 18.2 Å². The molecular weight excluding hydrogens is 537 g/mol. The number of benzene rings is 2. The molecule has 0 bridgehead atoms. The fourth-order valence-electron chi connectivity index (χ4n) is 4.49. The number of nitrogens with zero attached hydrogens (tertiary/aromatic N) is 3. The van der Waals surface area contributed by atoms with Gasteiger partial charge in [0.2, 0.25) is 5.95 Å². The molecule has 2 heterocycles. The number of carbonyl (C=O) groups is 2. The summed E-state index contributed by atoms with van der Waals surface area (Å²) in [5, 5.41) is 2.99. The number of nitrogens with one attached hydrogen (secondary N) is 1. The van der Waals surface area contributed by atoms with Gasteiger partial charge in [-0.3, -0.25) is 4.79 Å². The van der Waals surface area contributed by atoms with E-state index in [-0.39, 0.29) is 42.9 Å². The smallest absolute Gasteiger partial charge is 0.419 e. The van der Waals surface area contributed by atoms with E-state index in [2.05, 4.69) is 15.3 Å². The molecule has 1 aliphatic rings. The van der Waals surface area contributed by atoms with Crippen molar-refractivity contribution in [3.8, 4) is 0 Å². The third kappa shape index (κ3) is 7.96. The SMILES string of the molecule is COC(=O)Cc1ccccc1CCc1nc(Nc2ccc(C3CN(C(=O)OC(C)(C)C)C3)cc2)ncc1C(F)(F)F. The minimum absolute atomic E-state index is 0.000997. The van der Waals surface area contributed by atoms with Crippen LogP contribution in [0, 0.1) is 0 Å². The highest BCUT2D eigenvalue weighted by Gasteiger charge is 2.36. The molecule has 0 spiro atoms. The van der Waals surface area contributed by atoms with Crippen molar-refractivity contribution in [3.05, 3.63) is 82.7 Å². The molecule has 0 saturated carbocycles. The Balaban J connectivity index is 1.43. The second kappa shape index (κ2) is 12.2. The summed E-state index contributed by atoms with van der Waals surface area (Å²) >= 11 is 0. The quantitative estimate of drug-likeness (QED) is 0.329. The van der Waals surface area contributed by atoms with Crippen LogP contribution < -0.4 is 5.32 Å². The molecule has 1 aliphatic heterocycles. The number of esters is 1. The average Bonchev–Trinajstić information content (AvgIpc) is 2.86. The number of likely N-dealkylation sites (tertiary alicyclic amines) is 1. The van der Waals surface area contributed by atoms with Crippen LogP contribution in [0.4, 0.5) is 29.6 Å². The van der Waals surface area contributed by atoms with Crippen molar-refractivity contribution >= 4 is 23.7 Å². The van der Waals surface area contributed by atoms with Gasteiger partial charge in [-0.05, 0) is 62.4 Å². The van der Waals surface area contributed by atoms with Crippen LogP contribution in [0.5, 0.6) is 0 Å². The number of aryl methyl sites for hydroxylation is 2. The first-order valence-electron chi connectivity index (χ1n) is 13.2. The number of aromatic nitrogens is 2. The molecule has 3 aromatic rings. The zero-order chi connectivity index (χ0) is 29.8. The first-order valence-corrected chi connectivity index (χ1v) is 13.2. The van der Waals surface area contributed by atoms with Crippen molar-refractivity contribution < 1.29 is 32.2 Å². The topological polar surface area (TPSA) is 93.7 Å². The maximum absolute atomic E-state index is 13.8. The fourth-order valence-corrected chi connectivity index (χ4v) is 4.49. The highest BCUT2D eigenvalue weighted by atomic mass is 19.4. The van der Waals surface area contributed by atoms with Crippen molar-refractivity contribution in [2.45, 2.75) is 57.7 Å². The number of hydrogen-bond acceptors (Lipinski definition) is 7. The van der Waals surface area contributed by atoms with E-state index in [0.29, 0.717) is 24.3 Å². The van der Waals surface area contributed by atoms with Gasteiger partial charge in [0.25, 0.3) is 0 Å². The number of anilines is 2. The van der Waals surface area contributed by atoms with Crippen LogP contribution in [0.3, 0.4) is 0 Å². The molecule has 218 valence electrons. The van der Waals surface area contributed by atoms with Crippen LogP contribution in [-0.4, -0.2) is 52.7 Å². The summed E-state index contributed by atoms with van der Waals surface area (Å²) in [6.07, 6.45) is -3.88. The Labute approximate surface area is 236 Å². The van der Waals surface area contributed by atoms with Crippen molar-refractivity contribution in [3.63, 3.8) is 0 Å². The van der Waals surface area contributed by atoms with E-state index in [1.807, 2.05) is 32.9 Å². The third-order valence-corrected chi connectivity index (χ3v) is 6.66. The molecule has 11 heteroatoms. The van der Waals surface area contributed by atoms with E-state index >= 15 is 0 Å². The van der Waals surface area contributed by atoms with Gasteiger partial charge in [-0.15, -0.1) is 0 Å². The minimum Gasteiger partial charge on any atom is -0.469 e. The summed E-state index contributed by atoms with van der Waals surface area (Å²) in [5.41, 5.74) is 1.50. The van der Waals surface area contributed by atoms with Gasteiger partial charge in [0, 0.05) is 30.9 Å². The number of amides is 1. The molecule has 0 aliphatic carbocycles. The van der Waals surface area contributed by atoms with Gasteiger partial charge in [0.1, 0.15) is 5.60 Å². The number of hydrogen-bond donors (Lipinski definition) is 1. The van der Waals surface area contributed by atoms with Crippen LogP contribution in [0.15, 0.2) is 54.7 Å². The van der Waals surface area contributed by atoms with Crippen LogP contribution >= 0.6 is 0 Å². The largest absolute Gasteiger partial charge is 0.469 e. The van der Waals surface area contributed by atoms with Gasteiger partial charge in [-0.1, -0.05) is 36.4 Å². The Bertz CT molecular complexity index is 1380. The number of alkyl halides is 3. The Morgan fingerprint density at radius 1 is 1.00 bits per heavy atom. The lowest BCUT2D eigenvalue weighted by Gasteiger charge is -2.40. The molecule has 4 rings (SSSR count). The monoisotopic (exact) mass is 570 g/mol. The van der Waals surface area contributed by atoms with Crippen molar-refractivity contribution in [1.82, 2.24) is 14.9 Å². The van der Waals surface area contributed by atoms with Crippen molar-refractivity contribution in [1.29, 1.82) is 0 Å². The van der Waals surface area contributed by atoms with Crippen molar-refractivity contribution in [2.75, 3.05) is 25.5 Å². The van der Waals surface area contributed by atoms with Crippen LogP contribution in [0.25, 0.3) is 0 Å². The molecule has 0 unspecified atom stereocenters. The highest BCUT2D eigenvalue weighted by molar-refractivity contribution is 5.73. The number of ether oxygens (including phenoxy) is 2. The summed E-state index contributed by atoms with van der Waals surface area (Å²) in [6.45, 7) is 6.57. The predicted molar refractivity (Wildman–Crippen MR) is 147 cm³/mol. The number of halogens is 3. The molecule has 1 aromatic heterocycles. The lowest BCUT2D eigenvalue weighted by molar-refractivity contribution is -0.140. The summed E-state index contributed by atoms with van der Waals surface area (Å²) in [6, 6.07) is 14.5. The zero-order valence-electron chi connectivity index (χ0n) is 23.4. The molecule has 41 heavy (non-hydrogen) atoms. The van der Waals surface area contributed by atoms with Crippen LogP contribution in [0.2, 0.25) is 0 Å². The maximum Gasteiger partial charge on any atom is 0.419 e. The summed E-state index contributed by atoms with van der Waals surface area (Å²) < 4.78 is 51.4. The van der Waals surface area contributed by atoms with Crippen molar-refractivity contribution in [2.24, 2.45) is 0 Å². The van der Waals surface area contributed by atoms with Gasteiger partial charge < -0.3 is 19.7 Å². The number of methoxy groups -OCH3 is 1. The van der Waals surface area contributed by atoms with Gasteiger partial charge in [0.05, 0.1) is 24.8 Å². The molecular formula is C30H33F3N4O4. The Morgan fingerprint density at radius 2 is 1.66 bits per heavy atom. The normalized spacial score (nSPS) is 13.9. The van der Waals surface area contributed by atoms with Crippen LogP contribution in [-0.2, 0) is 39.7 Å². The Morgan fingerprint density at radius 3 is 2.27 bits per heavy atom. The fraction of sp³-hybridized carbons (Fsp3) is 0.400. The van der Waals surface area contributed by atoms with Gasteiger partial charge in [0.15, 0.2) is 0 Å². The van der Waals surface area contributed by atoms with E-state index in [9.17, 15) is 22.8 Å². The lowest BCUT2D eigenvalue weighted by atomic mass is 9.92. The zero-order valence-corrected chi connectivity index (χ0v) is 23.4. The third-order valence-electron chi connectivity index (χ3n) is 6.66. The van der Waals surface area contributed by atoms with Gasteiger partial charge in [-0.25, -0.2) is 14.8 Å². The summed E-state index contributed by atoms with van der Waals surface area (Å²) in [4.78, 5) is 33.7. The summed E-state index contributed by atoms with van der Waals surface area (Å²) in [7, 11) is 1.29. The first-order chi connectivity index (χ1) is 19.3. The maximum atomic E-state index is 13.8. The number of carbonyl (C=O) groups excluding carboxylic acids is 2. The van der Waals surface area contributed by atoms with E-state index < -0.39 is 23.3 Å². The van der Waals surface area contributed by atoms with E-state index in [4.69, 9.17) is 9.47 Å². The highest BCUT2D eigenvalue weighted by Crippen LogP contribution is 2.33. The van der Waals surface area contributed by atoms with E-state index in [0.717, 1.165) is 17.3 Å². The predicted octanol–water partition coefficient (Wildman–Crippen LogP) is 6.07. The molecule has 1 amide bonds. The first kappa shape index (κ1) is 29.8. The second-order valence-corrected chi connectivity index (χ2v) is 10.9. The second-order valence-electron chi connectivity index (χ2n) is 10.9. The Hall–Kier alpha value is -4.15. The molecule has 0 radical (unpaired) electrons. The lowest BCUT2D eigenvalue weighted by Crippen LogP contribution is -2.50. The summed E-state index contributed by atoms with van der Waals surface area (Å²) in [5.74, 6) is -0.207.